The van der Waals surface area contributed by atoms with Gasteiger partial charge < -0.3 is 14.7 Å². The molecule has 3 N–H and O–H groups in total. The third-order valence-electron chi connectivity index (χ3n) is 3.81. The van der Waals surface area contributed by atoms with Crippen molar-refractivity contribution >= 4 is 16.8 Å². The molecule has 0 saturated carbocycles. The molecule has 0 rings (SSSR count). The van der Waals surface area contributed by atoms with E-state index in [-0.39, 0.29) is 0 Å². The number of hydrogen-bond acceptors (Lipinski definition) is 0. The molecule has 3 nitrogen and oxygen atoms in total. The normalized spacial score (nSPS) is 12.3. The van der Waals surface area contributed by atoms with Crippen molar-refractivity contribution in [3.05, 3.63) is 0 Å². The highest BCUT2D eigenvalue weighted by Crippen LogP contribution is 2.37. The Hall–Kier alpha value is 0.660. The zero-order valence-electron chi connectivity index (χ0n) is 14.1. The predicted octanol–water partition coefficient (Wildman–Crippen LogP) is 4.98. The Bertz CT molecular complexity index is 263. The fourth-order valence-corrected chi connectivity index (χ4v) is 6.46. The van der Waals surface area contributed by atoms with Gasteiger partial charge in [0.1, 0.15) is 0 Å². The van der Waals surface area contributed by atoms with E-state index in [4.69, 9.17) is 0 Å². The van der Waals surface area contributed by atoms with Crippen molar-refractivity contribution in [1.82, 2.24) is 0 Å². The van der Waals surface area contributed by atoms with Gasteiger partial charge in [0.05, 0.1) is 0 Å². The Morgan fingerprint density at radius 1 is 0.571 bits per heavy atom. The summed E-state index contributed by atoms with van der Waals surface area (Å²) in [6.45, 7) is 0.796. The molecule has 0 aromatic heterocycles. The Labute approximate surface area is 134 Å². The van der Waals surface area contributed by atoms with Crippen LogP contribution in [0.5, 0.6) is 0 Å². The van der Waals surface area contributed by atoms with Crippen molar-refractivity contribution in [3.8, 4) is 0 Å². The zero-order chi connectivity index (χ0) is 16.0. The third kappa shape index (κ3) is 14.0. The first-order valence-corrected chi connectivity index (χ1v) is 12.6. The summed E-state index contributed by atoms with van der Waals surface area (Å²) in [5, 5.41) is 0. The summed E-state index contributed by atoms with van der Waals surface area (Å²) in [5.41, 5.74) is 0. The van der Waals surface area contributed by atoms with E-state index < -0.39 is 16.8 Å². The summed E-state index contributed by atoms with van der Waals surface area (Å²) in [6, 6.07) is 0. The predicted molar refractivity (Wildman–Crippen MR) is 97.4 cm³/mol. The summed E-state index contributed by atoms with van der Waals surface area (Å²) in [5.74, 6) is 1.58. The second kappa shape index (κ2) is 14.3. The van der Waals surface area contributed by atoms with Crippen molar-refractivity contribution in [2.45, 2.75) is 90.9 Å². The van der Waals surface area contributed by atoms with E-state index in [1.807, 2.05) is 0 Å². The Kier molecular flexibility index (Phi) is 14.7. The first-order chi connectivity index (χ1) is 10.0. The molecule has 0 aromatic carbocycles. The minimum atomic E-state index is -3.62. The van der Waals surface area contributed by atoms with Crippen LogP contribution in [0.25, 0.3) is 0 Å². The van der Waals surface area contributed by atoms with Crippen LogP contribution in [0.15, 0.2) is 0 Å². The molecule has 5 heteroatoms. The Morgan fingerprint density at radius 3 is 1.24 bits per heavy atom. The SMILES string of the molecule is CCCCCCCCS(CCCCCCCC)=P(O)(O)O. The van der Waals surface area contributed by atoms with Crippen LogP contribution in [0.1, 0.15) is 90.9 Å². The van der Waals surface area contributed by atoms with Gasteiger partial charge in [-0.1, -0.05) is 78.1 Å². The van der Waals surface area contributed by atoms with E-state index >= 15 is 0 Å². The minimum Gasteiger partial charge on any atom is -0.329 e. The minimum absolute atomic E-state index is 0.578. The molecule has 21 heavy (non-hydrogen) atoms. The van der Waals surface area contributed by atoms with Crippen molar-refractivity contribution in [3.63, 3.8) is 0 Å². The van der Waals surface area contributed by atoms with E-state index in [1.165, 1.54) is 51.4 Å². The maximum absolute atomic E-state index is 9.59. The quantitative estimate of drug-likeness (QED) is 0.309. The van der Waals surface area contributed by atoms with Gasteiger partial charge in [0, 0.05) is 0 Å². The molecule has 0 aromatic rings. The lowest BCUT2D eigenvalue weighted by molar-refractivity contribution is 0.362. The van der Waals surface area contributed by atoms with Crippen LogP contribution in [0, 0.1) is 0 Å². The van der Waals surface area contributed by atoms with Crippen molar-refractivity contribution in [2.24, 2.45) is 0 Å². The Morgan fingerprint density at radius 2 is 0.905 bits per heavy atom. The highest BCUT2D eigenvalue weighted by atomic mass is 32.5. The molecular weight excluding hydrogens is 303 g/mol. The number of hydrogen-bond donors (Lipinski definition) is 3. The molecule has 0 bridgehead atoms. The van der Waals surface area contributed by atoms with Crippen LogP contribution in [0.3, 0.4) is 0 Å². The van der Waals surface area contributed by atoms with E-state index in [0.29, 0.717) is 0 Å². The van der Waals surface area contributed by atoms with Gasteiger partial charge in [-0.2, -0.15) is 0 Å². The molecule has 0 unspecified atom stereocenters. The van der Waals surface area contributed by atoms with Gasteiger partial charge in [-0.15, -0.1) is 10.1 Å². The largest absolute Gasteiger partial charge is 0.329 e. The van der Waals surface area contributed by atoms with Gasteiger partial charge in [0.25, 0.3) is 6.72 Å². The molecule has 0 aliphatic carbocycles. The van der Waals surface area contributed by atoms with Gasteiger partial charge in [0.15, 0.2) is 0 Å². The van der Waals surface area contributed by atoms with Gasteiger partial charge in [-0.25, -0.2) is 0 Å². The van der Waals surface area contributed by atoms with Gasteiger partial charge in [-0.05, 0) is 24.3 Å². The summed E-state index contributed by atoms with van der Waals surface area (Å²) in [6.07, 6.45) is 14.4. The lowest BCUT2D eigenvalue weighted by Crippen LogP contribution is -2.06. The maximum Gasteiger partial charge on any atom is 0.277 e. The van der Waals surface area contributed by atoms with Gasteiger partial charge in [0.2, 0.25) is 0 Å². The topological polar surface area (TPSA) is 60.7 Å². The molecule has 0 aliphatic rings. The lowest BCUT2D eigenvalue weighted by atomic mass is 10.1. The Balaban J connectivity index is 3.86. The second-order valence-electron chi connectivity index (χ2n) is 5.92. The van der Waals surface area contributed by atoms with Crippen LogP contribution in [0.4, 0.5) is 0 Å². The average Bonchev–Trinajstić information content (AvgIpc) is 2.42. The fourth-order valence-electron chi connectivity index (χ4n) is 2.45. The summed E-state index contributed by atoms with van der Waals surface area (Å²) in [7, 11) is -0.578. The number of rotatable bonds is 14. The molecule has 0 heterocycles. The van der Waals surface area contributed by atoms with Crippen molar-refractivity contribution < 1.29 is 14.7 Å². The molecule has 0 fully saturated rings. The lowest BCUT2D eigenvalue weighted by Gasteiger charge is -2.15. The van der Waals surface area contributed by atoms with Crippen LogP contribution < -0.4 is 0 Å². The number of unbranched alkanes of at least 4 members (excludes halogenated alkanes) is 10. The van der Waals surface area contributed by atoms with Crippen LogP contribution >= 0.6 is 6.72 Å². The molecule has 0 amide bonds. The monoisotopic (exact) mass is 340 g/mol. The molecule has 130 valence electrons. The summed E-state index contributed by atoms with van der Waals surface area (Å²) in [4.78, 5) is 28.8. The van der Waals surface area contributed by atoms with E-state index in [9.17, 15) is 14.7 Å². The first kappa shape index (κ1) is 21.7. The molecule has 0 atom stereocenters. The second-order valence-corrected chi connectivity index (χ2v) is 11.7. The van der Waals surface area contributed by atoms with Crippen LogP contribution in [0.2, 0.25) is 0 Å². The van der Waals surface area contributed by atoms with Crippen molar-refractivity contribution in [2.75, 3.05) is 11.5 Å². The maximum atomic E-state index is 9.59. The highest BCUT2D eigenvalue weighted by molar-refractivity contribution is 8.27. The molecule has 0 spiro atoms. The summed E-state index contributed by atoms with van der Waals surface area (Å²) >= 11 is 0. The van der Waals surface area contributed by atoms with E-state index in [2.05, 4.69) is 13.8 Å². The van der Waals surface area contributed by atoms with Gasteiger partial charge in [-0.3, -0.25) is 0 Å². The van der Waals surface area contributed by atoms with Crippen LogP contribution in [-0.4, -0.2) is 26.2 Å². The first-order valence-electron chi connectivity index (χ1n) is 8.77. The zero-order valence-corrected chi connectivity index (χ0v) is 15.8. The smallest absolute Gasteiger partial charge is 0.277 e. The molecule has 0 saturated heterocycles. The highest BCUT2D eigenvalue weighted by Gasteiger charge is 2.12. The molecular formula is C16H37O3PS. The van der Waals surface area contributed by atoms with Gasteiger partial charge >= 0.3 is 0 Å². The summed E-state index contributed by atoms with van der Waals surface area (Å²) < 4.78 is 0. The fraction of sp³-hybridized carbons (Fsp3) is 1.00. The molecule has 0 aliphatic heterocycles. The standard InChI is InChI=1S/C16H37O3PS/c1-3-5-7-9-11-13-15-21(20(17,18)19)16-14-12-10-8-6-4-2/h17-19H,3-16H2,1-2H3. The average molecular weight is 341 g/mol. The third-order valence-corrected chi connectivity index (χ3v) is 9.20. The van der Waals surface area contributed by atoms with E-state index in [0.717, 1.165) is 37.2 Å². The van der Waals surface area contributed by atoms with Crippen LogP contribution in [-0.2, 0) is 10.1 Å². The van der Waals surface area contributed by atoms with Crippen molar-refractivity contribution in [1.29, 1.82) is 0 Å². The molecule has 0 radical (unpaired) electrons. The van der Waals surface area contributed by atoms with E-state index in [1.54, 1.807) is 0 Å².